The smallest absolute Gasteiger partial charge is 0.194 e. The first-order chi connectivity index (χ1) is 11.1. The number of hydrogen-bond acceptors (Lipinski definition) is 3. The maximum atomic E-state index is 13.7. The molecule has 0 aliphatic rings. The van der Waals surface area contributed by atoms with Crippen molar-refractivity contribution in [3.05, 3.63) is 14.6 Å². The van der Waals surface area contributed by atoms with Crippen LogP contribution in [0.4, 0.5) is 57.1 Å². The van der Waals surface area contributed by atoms with Crippen molar-refractivity contribution >= 4 is 37.1 Å². The summed E-state index contributed by atoms with van der Waals surface area (Å²) in [5.41, 5.74) is -2.25. The molecule has 0 aliphatic carbocycles. The molecule has 0 aromatic heterocycles. The summed E-state index contributed by atoms with van der Waals surface area (Å²) in [6.45, 7) is 0. The van der Waals surface area contributed by atoms with Crippen LogP contribution in [0.25, 0.3) is 0 Å². The van der Waals surface area contributed by atoms with Crippen molar-refractivity contribution in [1.82, 2.24) is 0 Å². The summed E-state index contributed by atoms with van der Waals surface area (Å²) in [6, 6.07) is 0. The second-order valence-corrected chi connectivity index (χ2v) is 6.02. The predicted molar refractivity (Wildman–Crippen MR) is 67.5 cm³/mol. The van der Waals surface area contributed by atoms with Gasteiger partial charge in [-0.3, -0.25) is 0 Å². The van der Waals surface area contributed by atoms with Crippen LogP contribution in [0.2, 0.25) is 0 Å². The zero-order valence-electron chi connectivity index (χ0n) is 11.2. The molecule has 0 N–H and O–H groups in total. The standard InChI is InChI=1S/C10HF13S3/c11-5(12,1-2(24)4(26)3(1)25)6(13,14)7(15,16)8(17,18)9(19,20)10(21,22)23/h24H. The first kappa shape index (κ1) is 23.4. The highest BCUT2D eigenvalue weighted by Crippen LogP contribution is 2.62. The van der Waals surface area contributed by atoms with E-state index in [1.807, 2.05) is 0 Å². The van der Waals surface area contributed by atoms with Crippen molar-refractivity contribution in [2.24, 2.45) is 0 Å². The first-order valence-electron chi connectivity index (χ1n) is 5.59. The van der Waals surface area contributed by atoms with E-state index in [-0.39, 0.29) is 0 Å². The lowest BCUT2D eigenvalue weighted by Crippen LogP contribution is -2.69. The molecule has 0 fully saturated rings. The summed E-state index contributed by atoms with van der Waals surface area (Å²) in [7, 11) is 0. The van der Waals surface area contributed by atoms with E-state index in [9.17, 15) is 57.1 Å². The first-order valence-corrected chi connectivity index (χ1v) is 6.85. The lowest BCUT2D eigenvalue weighted by Gasteiger charge is -2.40. The molecule has 1 rings (SSSR count). The molecule has 0 unspecified atom stereocenters. The third-order valence-corrected chi connectivity index (χ3v) is 4.68. The van der Waals surface area contributed by atoms with Crippen LogP contribution in [0.5, 0.6) is 0 Å². The molecule has 26 heavy (non-hydrogen) atoms. The minimum atomic E-state index is -7.95. The van der Waals surface area contributed by atoms with Crippen LogP contribution in [0, 0.1) is 9.02 Å². The molecule has 1 aromatic carbocycles. The van der Waals surface area contributed by atoms with Gasteiger partial charge in [0.15, 0.2) is 0 Å². The van der Waals surface area contributed by atoms with Gasteiger partial charge >= 0.3 is 35.8 Å². The Morgan fingerprint density at radius 2 is 0.885 bits per heavy atom. The van der Waals surface area contributed by atoms with Crippen LogP contribution in [0.15, 0.2) is 4.90 Å². The fraction of sp³-hybridized carbons (Fsp3) is 0.600. The van der Waals surface area contributed by atoms with E-state index < -0.39 is 55.3 Å². The fourth-order valence-electron chi connectivity index (χ4n) is 1.60. The Morgan fingerprint density at radius 3 is 1.19 bits per heavy atom. The van der Waals surface area contributed by atoms with Gasteiger partial charge in [0, 0.05) is 4.90 Å². The van der Waals surface area contributed by atoms with Crippen molar-refractivity contribution in [2.75, 3.05) is 0 Å². The molecule has 0 saturated heterocycles. The van der Waals surface area contributed by atoms with Crippen LogP contribution < -0.4 is 0 Å². The number of rotatable bonds is 5. The van der Waals surface area contributed by atoms with Gasteiger partial charge in [-0.25, -0.2) is 0 Å². The lowest BCUT2D eigenvalue weighted by molar-refractivity contribution is -0.442. The third kappa shape index (κ3) is 2.65. The maximum Gasteiger partial charge on any atom is 0.460 e. The Kier molecular flexibility index (Phi) is 5.33. The van der Waals surface area contributed by atoms with Crippen LogP contribution in [0.1, 0.15) is 5.56 Å². The molecule has 0 radical (unpaired) electrons. The van der Waals surface area contributed by atoms with Crippen molar-refractivity contribution in [3.8, 4) is 0 Å². The summed E-state index contributed by atoms with van der Waals surface area (Å²) >= 11 is 11.4. The van der Waals surface area contributed by atoms with Crippen molar-refractivity contribution < 1.29 is 57.1 Å². The second kappa shape index (κ2) is 5.93. The molecule has 0 nitrogen and oxygen atoms in total. The fourth-order valence-corrected chi connectivity index (χ4v) is 2.65. The van der Waals surface area contributed by atoms with E-state index in [1.165, 1.54) is 0 Å². The zero-order valence-corrected chi connectivity index (χ0v) is 13.7. The highest BCUT2D eigenvalue weighted by Gasteiger charge is 2.91. The van der Waals surface area contributed by atoms with Gasteiger partial charge < -0.3 is 0 Å². The van der Waals surface area contributed by atoms with Crippen LogP contribution in [-0.4, -0.2) is 29.9 Å². The van der Waals surface area contributed by atoms with Gasteiger partial charge in [-0.1, -0.05) is 24.4 Å². The highest BCUT2D eigenvalue weighted by molar-refractivity contribution is 7.81. The lowest BCUT2D eigenvalue weighted by atomic mass is 9.89. The average molecular weight is 464 g/mol. The molecule has 0 amide bonds. The molecule has 1 aromatic rings. The van der Waals surface area contributed by atoms with Crippen LogP contribution in [-0.2, 0) is 5.92 Å². The van der Waals surface area contributed by atoms with Gasteiger partial charge in [-0.15, -0.1) is 12.6 Å². The minimum absolute atomic E-state index is 0.815. The number of thiol groups is 1. The van der Waals surface area contributed by atoms with Crippen LogP contribution in [0.3, 0.4) is 0 Å². The summed E-state index contributed by atoms with van der Waals surface area (Å²) in [5.74, 6) is -37.4. The van der Waals surface area contributed by atoms with Crippen LogP contribution >= 0.6 is 37.1 Å². The molecule has 0 bridgehead atoms. The van der Waals surface area contributed by atoms with E-state index >= 15 is 0 Å². The van der Waals surface area contributed by atoms with E-state index in [2.05, 4.69) is 37.1 Å². The quantitative estimate of drug-likeness (QED) is 0.300. The maximum absolute atomic E-state index is 13.7. The molecular formula is C10HF13S3. The normalized spacial score (nSPS) is 15.6. The summed E-state index contributed by atoms with van der Waals surface area (Å²) < 4.78 is 166. The Hall–Kier alpha value is -0.640. The third-order valence-electron chi connectivity index (χ3n) is 3.13. The Balaban J connectivity index is 3.64. The van der Waals surface area contributed by atoms with Crippen molar-refractivity contribution in [2.45, 2.75) is 40.7 Å². The number of alkyl halides is 13. The molecule has 0 spiro atoms. The summed E-state index contributed by atoms with van der Waals surface area (Å²) in [5, 5.41) is 0. The Morgan fingerprint density at radius 1 is 0.538 bits per heavy atom. The molecule has 0 saturated carbocycles. The predicted octanol–water partition coefficient (Wildman–Crippen LogP) is 6.51. The average Bonchev–Trinajstić information content (AvgIpc) is 2.44. The molecule has 0 aliphatic heterocycles. The monoisotopic (exact) mass is 464 g/mol. The van der Waals surface area contributed by atoms with Gasteiger partial charge in [0.25, 0.3) is 0 Å². The van der Waals surface area contributed by atoms with Crippen molar-refractivity contribution in [3.63, 3.8) is 0 Å². The highest BCUT2D eigenvalue weighted by atomic mass is 32.1. The summed E-state index contributed by atoms with van der Waals surface area (Å²) in [6.07, 6.45) is -7.45. The van der Waals surface area contributed by atoms with Gasteiger partial charge in [-0.05, 0) is 0 Å². The Bertz CT molecular complexity index is 781. The molecular weight excluding hydrogens is 463 g/mol. The largest absolute Gasteiger partial charge is 0.460 e. The second-order valence-electron chi connectivity index (χ2n) is 4.75. The zero-order chi connectivity index (χ0) is 21.3. The topological polar surface area (TPSA) is 0 Å². The van der Waals surface area contributed by atoms with E-state index in [1.54, 1.807) is 0 Å². The minimum Gasteiger partial charge on any atom is -0.194 e. The number of hydrogen-bond donors (Lipinski definition) is 1. The summed E-state index contributed by atoms with van der Waals surface area (Å²) in [4.78, 5) is -1.30. The van der Waals surface area contributed by atoms with E-state index in [0.29, 0.717) is 0 Å². The van der Waals surface area contributed by atoms with Crippen molar-refractivity contribution in [1.29, 1.82) is 0 Å². The Labute approximate surface area is 150 Å². The van der Waals surface area contributed by atoms with Gasteiger partial charge in [0.1, 0.15) is 0 Å². The SMILES string of the molecule is FC(F)(F)C(F)(F)C(F)(F)C(F)(F)C(F)(F)C(F)(F)c1c(S)c(=S)c1=S. The van der Waals surface area contributed by atoms with Gasteiger partial charge in [-0.2, -0.15) is 57.1 Å². The molecule has 0 atom stereocenters. The molecule has 150 valence electrons. The van der Waals surface area contributed by atoms with E-state index in [0.717, 1.165) is 0 Å². The van der Waals surface area contributed by atoms with Gasteiger partial charge in [0.2, 0.25) is 0 Å². The molecule has 16 heteroatoms. The number of halogens is 13. The van der Waals surface area contributed by atoms with Gasteiger partial charge in [0.05, 0.1) is 14.6 Å². The molecule has 0 heterocycles. The van der Waals surface area contributed by atoms with E-state index in [4.69, 9.17) is 0 Å².